The van der Waals surface area contributed by atoms with Gasteiger partial charge in [0.05, 0.1) is 12.2 Å². The van der Waals surface area contributed by atoms with E-state index in [0.29, 0.717) is 18.3 Å². The molecule has 1 aliphatic heterocycles. The number of nitrogens with one attached hydrogen (secondary N) is 2. The summed E-state index contributed by atoms with van der Waals surface area (Å²) in [6.07, 6.45) is 4.00. The van der Waals surface area contributed by atoms with E-state index in [4.69, 9.17) is 4.74 Å². The molecule has 2 aromatic heterocycles. The normalized spacial score (nSPS) is 16.5. The summed E-state index contributed by atoms with van der Waals surface area (Å²) in [4.78, 5) is 25.7. The molecule has 0 bridgehead atoms. The van der Waals surface area contributed by atoms with Gasteiger partial charge in [-0.15, -0.1) is 0 Å². The highest BCUT2D eigenvalue weighted by molar-refractivity contribution is 5.78. The van der Waals surface area contributed by atoms with Crippen molar-refractivity contribution >= 4 is 17.4 Å². The number of rotatable bonds is 9. The maximum Gasteiger partial charge on any atom is 0.234 e. The van der Waals surface area contributed by atoms with E-state index in [9.17, 15) is 4.79 Å². The largest absolute Gasteiger partial charge is 0.455 e. The van der Waals surface area contributed by atoms with Gasteiger partial charge < -0.3 is 15.4 Å². The van der Waals surface area contributed by atoms with Crippen molar-refractivity contribution in [3.8, 4) is 11.5 Å². The van der Waals surface area contributed by atoms with Gasteiger partial charge in [-0.25, -0.2) is 4.98 Å². The van der Waals surface area contributed by atoms with Crippen molar-refractivity contribution in [2.75, 3.05) is 38.0 Å². The van der Waals surface area contributed by atoms with Gasteiger partial charge in [0.2, 0.25) is 5.91 Å². The maximum atomic E-state index is 12.1. The number of aromatic nitrogens is 2. The van der Waals surface area contributed by atoms with Crippen LogP contribution in [0.15, 0.2) is 54.7 Å². The van der Waals surface area contributed by atoms with Gasteiger partial charge in [-0.1, -0.05) is 12.1 Å². The number of nitrogens with zero attached hydrogens (tertiary/aromatic N) is 4. The molecule has 36 heavy (non-hydrogen) atoms. The summed E-state index contributed by atoms with van der Waals surface area (Å²) < 4.78 is 6.04. The Morgan fingerprint density at radius 2 is 1.83 bits per heavy atom. The third kappa shape index (κ3) is 6.80. The van der Waals surface area contributed by atoms with Gasteiger partial charge in [-0.2, -0.15) is 0 Å². The highest BCUT2D eigenvalue weighted by atomic mass is 16.5. The van der Waals surface area contributed by atoms with E-state index in [2.05, 4.69) is 48.6 Å². The van der Waals surface area contributed by atoms with Gasteiger partial charge in [0.25, 0.3) is 0 Å². The van der Waals surface area contributed by atoms with Gasteiger partial charge >= 0.3 is 0 Å². The molecule has 1 saturated carbocycles. The quantitative estimate of drug-likeness (QED) is 0.473. The molecule has 3 heterocycles. The molecule has 0 unspecified atom stereocenters. The number of ether oxygens (including phenoxy) is 1. The summed E-state index contributed by atoms with van der Waals surface area (Å²) in [5.41, 5.74) is 4.06. The van der Waals surface area contributed by atoms with Crippen LogP contribution in [0.3, 0.4) is 0 Å². The molecule has 1 saturated heterocycles. The lowest BCUT2D eigenvalue weighted by Gasteiger charge is -2.34. The monoisotopic (exact) mass is 486 g/mol. The molecule has 188 valence electrons. The summed E-state index contributed by atoms with van der Waals surface area (Å²) in [6.45, 7) is 9.07. The van der Waals surface area contributed by atoms with Crippen molar-refractivity contribution in [3.63, 3.8) is 0 Å². The van der Waals surface area contributed by atoms with Gasteiger partial charge in [-0.05, 0) is 62.6 Å². The van der Waals surface area contributed by atoms with Crippen LogP contribution >= 0.6 is 0 Å². The van der Waals surface area contributed by atoms with Crippen LogP contribution in [-0.2, 0) is 11.3 Å². The standard InChI is InChI=1S/C28H34N6O2/c1-20-6-9-26(21(2)30-20)36-25-10-11-29-27(17-25)31-24-5-3-4-22(16-24)18-33-12-14-34(15-13-33)19-28(35)32-23-7-8-23/h3-6,9-11,16-17,23H,7-8,12-15,18-19H2,1-2H3,(H,29,31)(H,32,35). The number of piperazine rings is 1. The summed E-state index contributed by atoms with van der Waals surface area (Å²) in [5, 5.41) is 6.48. The van der Waals surface area contributed by atoms with Crippen LogP contribution in [0.25, 0.3) is 0 Å². The van der Waals surface area contributed by atoms with Crippen LogP contribution in [0, 0.1) is 13.8 Å². The third-order valence-electron chi connectivity index (χ3n) is 6.52. The molecule has 8 heteroatoms. The number of aryl methyl sites for hydroxylation is 2. The molecule has 0 radical (unpaired) electrons. The topological polar surface area (TPSA) is 82.6 Å². The Balaban J connectivity index is 1.14. The zero-order chi connectivity index (χ0) is 24.9. The number of carbonyl (C=O) groups excluding carboxylic acids is 1. The van der Waals surface area contributed by atoms with Crippen molar-refractivity contribution < 1.29 is 9.53 Å². The van der Waals surface area contributed by atoms with Gasteiger partial charge in [0, 0.05) is 62.4 Å². The minimum atomic E-state index is 0.165. The van der Waals surface area contributed by atoms with Crippen LogP contribution in [0.5, 0.6) is 11.5 Å². The second-order valence-corrected chi connectivity index (χ2v) is 9.73. The summed E-state index contributed by atoms with van der Waals surface area (Å²) >= 11 is 0. The zero-order valence-electron chi connectivity index (χ0n) is 21.0. The Kier molecular flexibility index (Phi) is 7.44. The van der Waals surface area contributed by atoms with Gasteiger partial charge in [-0.3, -0.25) is 19.6 Å². The van der Waals surface area contributed by atoms with E-state index in [1.54, 1.807) is 6.20 Å². The van der Waals surface area contributed by atoms with E-state index in [1.807, 2.05) is 44.2 Å². The molecule has 0 atom stereocenters. The first-order chi connectivity index (χ1) is 17.5. The summed E-state index contributed by atoms with van der Waals surface area (Å²) in [7, 11) is 0. The van der Waals surface area contributed by atoms with E-state index in [1.165, 1.54) is 5.56 Å². The highest BCUT2D eigenvalue weighted by Crippen LogP contribution is 2.27. The first-order valence-electron chi connectivity index (χ1n) is 12.7. The van der Waals surface area contributed by atoms with E-state index < -0.39 is 0 Å². The SMILES string of the molecule is Cc1ccc(Oc2ccnc(Nc3cccc(CN4CCN(CC(=O)NC5CC5)CC4)c3)c2)c(C)n1. The predicted octanol–water partition coefficient (Wildman–Crippen LogP) is 4.03. The summed E-state index contributed by atoms with van der Waals surface area (Å²) in [5.74, 6) is 2.34. The van der Waals surface area contributed by atoms with E-state index in [-0.39, 0.29) is 5.91 Å². The van der Waals surface area contributed by atoms with Crippen LogP contribution in [-0.4, -0.2) is 64.4 Å². The summed E-state index contributed by atoms with van der Waals surface area (Å²) in [6, 6.07) is 16.5. The molecule has 5 rings (SSSR count). The van der Waals surface area contributed by atoms with Gasteiger partial charge in [0.15, 0.2) is 0 Å². The fourth-order valence-electron chi connectivity index (χ4n) is 4.41. The molecular weight excluding hydrogens is 452 g/mol. The van der Waals surface area contributed by atoms with Crippen LogP contribution in [0.4, 0.5) is 11.5 Å². The van der Waals surface area contributed by atoms with Crippen LogP contribution < -0.4 is 15.4 Å². The van der Waals surface area contributed by atoms with Gasteiger partial charge in [0.1, 0.15) is 17.3 Å². The average molecular weight is 487 g/mol. The second-order valence-electron chi connectivity index (χ2n) is 9.73. The Labute approximate surface area is 212 Å². The smallest absolute Gasteiger partial charge is 0.234 e. The van der Waals surface area contributed by atoms with Crippen molar-refractivity contribution in [3.05, 3.63) is 71.7 Å². The molecule has 2 N–H and O–H groups in total. The number of hydrogen-bond donors (Lipinski definition) is 2. The molecule has 1 amide bonds. The molecule has 3 aromatic rings. The third-order valence-corrected chi connectivity index (χ3v) is 6.52. The number of pyridine rings is 2. The molecule has 2 aliphatic rings. The number of anilines is 2. The maximum absolute atomic E-state index is 12.1. The number of hydrogen-bond acceptors (Lipinski definition) is 7. The first kappa shape index (κ1) is 24.2. The van der Waals surface area contributed by atoms with E-state index in [0.717, 1.165) is 74.2 Å². The predicted molar refractivity (Wildman–Crippen MR) is 141 cm³/mol. The van der Waals surface area contributed by atoms with E-state index >= 15 is 0 Å². The minimum absolute atomic E-state index is 0.165. The lowest BCUT2D eigenvalue weighted by molar-refractivity contribution is -0.122. The lowest BCUT2D eigenvalue weighted by atomic mass is 10.1. The second kappa shape index (κ2) is 11.1. The average Bonchev–Trinajstić information content (AvgIpc) is 3.67. The molecular formula is C28H34N6O2. The van der Waals surface area contributed by atoms with Crippen LogP contribution in [0.1, 0.15) is 29.8 Å². The fourth-order valence-corrected chi connectivity index (χ4v) is 4.41. The van der Waals surface area contributed by atoms with Crippen molar-refractivity contribution in [2.24, 2.45) is 0 Å². The van der Waals surface area contributed by atoms with Crippen molar-refractivity contribution in [1.29, 1.82) is 0 Å². The minimum Gasteiger partial charge on any atom is -0.455 e. The zero-order valence-corrected chi connectivity index (χ0v) is 21.0. The highest BCUT2D eigenvalue weighted by Gasteiger charge is 2.25. The molecule has 1 aromatic carbocycles. The number of amides is 1. The molecule has 1 aliphatic carbocycles. The first-order valence-corrected chi connectivity index (χ1v) is 12.7. The number of carbonyl (C=O) groups is 1. The lowest BCUT2D eigenvalue weighted by Crippen LogP contribution is -2.49. The Morgan fingerprint density at radius 1 is 1.03 bits per heavy atom. The van der Waals surface area contributed by atoms with Crippen molar-refractivity contribution in [1.82, 2.24) is 25.1 Å². The molecule has 2 fully saturated rings. The Hall–Kier alpha value is -3.49. The Bertz CT molecular complexity index is 1200. The Morgan fingerprint density at radius 3 is 2.61 bits per heavy atom. The molecule has 8 nitrogen and oxygen atoms in total. The molecule has 0 spiro atoms. The fraction of sp³-hybridized carbons (Fsp3) is 0.393. The van der Waals surface area contributed by atoms with Crippen molar-refractivity contribution in [2.45, 2.75) is 39.3 Å². The van der Waals surface area contributed by atoms with Crippen LogP contribution in [0.2, 0.25) is 0 Å². The number of benzene rings is 1.